The van der Waals surface area contributed by atoms with Gasteiger partial charge >= 0.3 is 11.9 Å². The van der Waals surface area contributed by atoms with E-state index in [9.17, 15) is 91.3 Å². The van der Waals surface area contributed by atoms with Gasteiger partial charge in [0.1, 0.15) is 110 Å². The molecule has 0 bridgehead atoms. The Morgan fingerprint density at radius 1 is 0.556 bits per heavy atom. The van der Waals surface area contributed by atoms with Crippen LogP contribution in [0.1, 0.15) is 107 Å². The van der Waals surface area contributed by atoms with Crippen LogP contribution in [0, 0.1) is 50.2 Å². The molecule has 5 saturated heterocycles. The highest BCUT2D eigenvalue weighted by molar-refractivity contribution is 5.73. The van der Waals surface area contributed by atoms with Gasteiger partial charge < -0.3 is 129 Å². The first-order chi connectivity index (χ1) is 42.2. The van der Waals surface area contributed by atoms with E-state index in [-0.39, 0.29) is 36.2 Å². The van der Waals surface area contributed by atoms with Gasteiger partial charge in [-0.25, -0.2) is 14.6 Å². The number of esters is 1. The van der Waals surface area contributed by atoms with Gasteiger partial charge in [-0.15, -0.1) is 0 Å². The van der Waals surface area contributed by atoms with Crippen LogP contribution in [0.4, 0.5) is 0 Å². The van der Waals surface area contributed by atoms with Gasteiger partial charge in [-0.1, -0.05) is 60.1 Å². The summed E-state index contributed by atoms with van der Waals surface area (Å²) in [5, 5.41) is 172. The SMILES string of the molecule is CC(=O)O[C@H]1C(O[C@@H]2OC[C@H](O[C@@H]3O[C@H](CO)[C@@H](O)[C@H](O)[C@H]3O)[C@H](O)[C@H]2O)[C@]2(C)CC[C@]3(C)C(=CC[C@@H]4[C@@]5(C)CC[C@H](O[C@@H]6O[C@H](C(=O)O)[C@@H](O)[C@H](O)[C@H]6O[C@@H]6O[C@H](CO)[C@H](O)[C@H](O)[C@H]6OO[C@@H]6OC[C@@H](O)[C@H](O)[C@H]6O)[C@](C)(CO)[C@@H]5CC[C@]43C)[C@@H]2CC1(C)C. The maximum absolute atomic E-state index is 13.0. The number of hydrogen-bond donors (Lipinski definition) is 16. The van der Waals surface area contributed by atoms with Crippen LogP contribution in [-0.4, -0.2) is 286 Å². The second-order valence-electron chi connectivity index (χ2n) is 29.0. The smallest absolute Gasteiger partial charge is 0.335 e. The number of carboxylic acid groups (broad SMARTS) is 1. The molecule has 10 rings (SSSR count). The molecule has 0 radical (unpaired) electrons. The molecule has 30 nitrogen and oxygen atoms in total. The molecule has 0 spiro atoms. The van der Waals surface area contributed by atoms with Crippen LogP contribution in [0.5, 0.6) is 0 Å². The molecule has 16 N–H and O–H groups in total. The summed E-state index contributed by atoms with van der Waals surface area (Å²) in [6, 6.07) is 0. The topological polar surface area (TPSA) is 469 Å². The highest BCUT2D eigenvalue weighted by Gasteiger charge is 2.72. The Labute approximate surface area is 520 Å². The standard InChI is InChI=1S/C60H96O30/c1-23(64)81-47-48(88-50-42(75)36(69)29(21-80-50)84-52-43(76)37(70)34(67)27(18-61)82-52)56(4)15-16-59(7)24(25(56)17-55(47,2)3)9-10-31-57(5)13-12-32(58(6,22-63)30(57)11-14-60(31,59)8)85-53-45(40(73)39(72)44(86-53)49(77)78)87-54-46(38(71)35(68)28(19-62)83-54)89-90-51-41(74)33(66)26(65)20-79-51/h9,25-48,50-54,61-63,65-76H,10-22H2,1-8H3,(H,77,78)/t25-,26+,27+,28+,29-,30+,31+,32-,33-,34+,35-,36-,37-,38-,39-,40-,41+,42+,43+,44-,45+,46+,47-,48?,50-,51-,52-,53+,54-,56+,57-,58+,59+,60+/m0/s1. The molecule has 4 saturated carbocycles. The van der Waals surface area contributed by atoms with Gasteiger partial charge in [0.05, 0.1) is 39.1 Å². The summed E-state index contributed by atoms with van der Waals surface area (Å²) in [7, 11) is 0. The predicted molar refractivity (Wildman–Crippen MR) is 297 cm³/mol. The third kappa shape index (κ3) is 11.8. The first kappa shape index (κ1) is 70.4. The number of aliphatic hydroxyl groups excluding tert-OH is 15. The highest BCUT2D eigenvalue weighted by atomic mass is 17.2. The quantitative estimate of drug-likeness (QED) is 0.0231. The first-order valence-electron chi connectivity index (χ1n) is 31.4. The van der Waals surface area contributed by atoms with Crippen molar-refractivity contribution in [3.8, 4) is 0 Å². The van der Waals surface area contributed by atoms with Crippen molar-refractivity contribution in [3.63, 3.8) is 0 Å². The monoisotopic (exact) mass is 1300 g/mol. The van der Waals surface area contributed by atoms with E-state index in [4.69, 9.17) is 57.1 Å². The summed E-state index contributed by atoms with van der Waals surface area (Å²) in [6.45, 7) is 13.3. The van der Waals surface area contributed by atoms with E-state index >= 15 is 0 Å². The van der Waals surface area contributed by atoms with Gasteiger partial charge in [0.2, 0.25) is 6.29 Å². The van der Waals surface area contributed by atoms with Gasteiger partial charge in [-0.05, 0) is 85.4 Å². The van der Waals surface area contributed by atoms with Crippen LogP contribution in [-0.2, 0) is 66.7 Å². The van der Waals surface area contributed by atoms with E-state index < -0.39 is 225 Å². The number of hydrogen-bond acceptors (Lipinski definition) is 29. The number of ether oxygens (including phenoxy) is 10. The Hall–Kier alpha value is -2.36. The van der Waals surface area contributed by atoms with Crippen molar-refractivity contribution in [2.75, 3.05) is 33.0 Å². The Morgan fingerprint density at radius 3 is 1.81 bits per heavy atom. The van der Waals surface area contributed by atoms with Gasteiger partial charge in [-0.2, -0.15) is 0 Å². The molecule has 9 fully saturated rings. The zero-order chi connectivity index (χ0) is 65.9. The van der Waals surface area contributed by atoms with E-state index in [1.165, 1.54) is 12.5 Å². The number of carbonyl (C=O) groups is 2. The summed E-state index contributed by atoms with van der Waals surface area (Å²) in [4.78, 5) is 36.3. The minimum atomic E-state index is -2.15. The number of carboxylic acids is 1. The number of aliphatic hydroxyl groups is 15. The maximum Gasteiger partial charge on any atom is 0.335 e. The normalized spacial score (nSPS) is 53.6. The highest BCUT2D eigenvalue weighted by Crippen LogP contribution is 2.76. The Balaban J connectivity index is 0.889. The zero-order valence-electron chi connectivity index (χ0n) is 51.9. The lowest BCUT2D eigenvalue weighted by molar-refractivity contribution is -0.471. The number of carbonyl (C=O) groups excluding carboxylic acids is 1. The maximum atomic E-state index is 13.0. The van der Waals surface area contributed by atoms with Crippen molar-refractivity contribution in [2.45, 2.75) is 266 Å². The van der Waals surface area contributed by atoms with Crippen LogP contribution in [0.3, 0.4) is 0 Å². The van der Waals surface area contributed by atoms with Crippen molar-refractivity contribution >= 4 is 11.9 Å². The third-order valence-corrected chi connectivity index (χ3v) is 23.4. The lowest BCUT2D eigenvalue weighted by Gasteiger charge is -2.72. The average molecular weight is 1300 g/mol. The summed E-state index contributed by atoms with van der Waals surface area (Å²) in [5.74, 6) is -2.61. The van der Waals surface area contributed by atoms with Crippen molar-refractivity contribution in [3.05, 3.63) is 11.6 Å². The van der Waals surface area contributed by atoms with Crippen LogP contribution < -0.4 is 0 Å². The minimum Gasteiger partial charge on any atom is -0.479 e. The van der Waals surface area contributed by atoms with E-state index in [0.29, 0.717) is 44.9 Å². The fourth-order valence-corrected chi connectivity index (χ4v) is 17.9. The molecule has 5 aliphatic carbocycles. The summed E-state index contributed by atoms with van der Waals surface area (Å²) in [5.41, 5.74) is -2.62. The molecular formula is C60H96O30. The molecule has 0 aromatic carbocycles. The Kier molecular flexibility index (Phi) is 20.5. The van der Waals surface area contributed by atoms with Gasteiger partial charge in [0.25, 0.3) is 0 Å². The molecule has 30 heteroatoms. The molecule has 5 aliphatic heterocycles. The Bertz CT molecular complexity index is 2550. The summed E-state index contributed by atoms with van der Waals surface area (Å²) >= 11 is 0. The molecule has 0 amide bonds. The van der Waals surface area contributed by atoms with Crippen LogP contribution in [0.15, 0.2) is 11.6 Å². The van der Waals surface area contributed by atoms with Crippen molar-refractivity contribution in [2.24, 2.45) is 50.2 Å². The average Bonchev–Trinajstić information content (AvgIpc) is 0.676. The van der Waals surface area contributed by atoms with E-state index in [0.717, 1.165) is 0 Å². The molecule has 0 aromatic rings. The van der Waals surface area contributed by atoms with Crippen LogP contribution in [0.2, 0.25) is 0 Å². The summed E-state index contributed by atoms with van der Waals surface area (Å²) in [6.07, 6.45) is -36.4. The number of aliphatic carboxylic acids is 1. The molecule has 90 heavy (non-hydrogen) atoms. The molecule has 5 heterocycles. The molecular weight excluding hydrogens is 1200 g/mol. The van der Waals surface area contributed by atoms with Gasteiger partial charge in [0, 0.05) is 23.2 Å². The number of rotatable bonds is 16. The molecule has 34 atom stereocenters. The summed E-state index contributed by atoms with van der Waals surface area (Å²) < 4.78 is 60.4. The fourth-order valence-electron chi connectivity index (χ4n) is 17.9. The number of fused-ring (bicyclic) bond motifs is 7. The fraction of sp³-hybridized carbons (Fsp3) is 0.933. The first-order valence-corrected chi connectivity index (χ1v) is 31.4. The second-order valence-corrected chi connectivity index (χ2v) is 29.0. The van der Waals surface area contributed by atoms with E-state index in [1.807, 2.05) is 20.8 Å². The van der Waals surface area contributed by atoms with Gasteiger partial charge in [0.15, 0.2) is 37.4 Å². The van der Waals surface area contributed by atoms with E-state index in [2.05, 4.69) is 33.8 Å². The number of allylic oxidation sites excluding steroid dienone is 2. The largest absolute Gasteiger partial charge is 0.479 e. The van der Waals surface area contributed by atoms with Crippen LogP contribution >= 0.6 is 0 Å². The lowest BCUT2D eigenvalue weighted by Crippen LogP contribution is -2.69. The second kappa shape index (κ2) is 26.2. The predicted octanol–water partition coefficient (Wildman–Crippen LogP) is -3.92. The van der Waals surface area contributed by atoms with Crippen molar-refractivity contribution in [1.82, 2.24) is 0 Å². The molecule has 1 unspecified atom stereocenters. The minimum absolute atomic E-state index is 0.0178. The van der Waals surface area contributed by atoms with Crippen molar-refractivity contribution in [1.29, 1.82) is 0 Å². The van der Waals surface area contributed by atoms with Crippen LogP contribution in [0.25, 0.3) is 0 Å². The molecule has 0 aromatic heterocycles. The van der Waals surface area contributed by atoms with Gasteiger partial charge in [-0.3, -0.25) is 4.79 Å². The Morgan fingerprint density at radius 2 is 1.17 bits per heavy atom. The van der Waals surface area contributed by atoms with E-state index in [1.54, 1.807) is 0 Å². The molecule has 516 valence electrons. The lowest BCUT2D eigenvalue weighted by atomic mass is 9.33. The zero-order valence-corrected chi connectivity index (χ0v) is 51.9. The third-order valence-electron chi connectivity index (χ3n) is 23.4. The molecule has 10 aliphatic rings. The van der Waals surface area contributed by atoms with Crippen molar-refractivity contribution < 1.29 is 148 Å².